The molecule has 1 aliphatic rings. The number of carbonyl (C=O) groups excluding carboxylic acids is 4. The van der Waals surface area contributed by atoms with Gasteiger partial charge in [0.1, 0.15) is 22.4 Å². The molecule has 0 aromatic carbocycles. The Kier molecular flexibility index (Phi) is 22.3. The van der Waals surface area contributed by atoms with Crippen LogP contribution in [-0.2, 0) is 38.1 Å². The van der Waals surface area contributed by atoms with Crippen LogP contribution in [0.1, 0.15) is 164 Å². The lowest BCUT2D eigenvalue weighted by molar-refractivity contribution is -0.162. The summed E-state index contributed by atoms with van der Waals surface area (Å²) >= 11 is 0. The summed E-state index contributed by atoms with van der Waals surface area (Å²) in [6, 6.07) is -0.675. The van der Waals surface area contributed by atoms with Crippen LogP contribution in [0.15, 0.2) is 0 Å². The number of rotatable bonds is 16. The van der Waals surface area contributed by atoms with Gasteiger partial charge < -0.3 is 18.9 Å². The van der Waals surface area contributed by atoms with Crippen molar-refractivity contribution in [2.75, 3.05) is 52.4 Å². The normalized spacial score (nSPS) is 21.9. The number of ether oxygens (including phenoxy) is 4. The first-order chi connectivity index (χ1) is 27.1. The van der Waals surface area contributed by atoms with Crippen molar-refractivity contribution in [1.82, 2.24) is 19.6 Å². The van der Waals surface area contributed by atoms with Crippen LogP contribution in [0.25, 0.3) is 0 Å². The van der Waals surface area contributed by atoms with E-state index >= 15 is 0 Å². The first-order valence-electron chi connectivity index (χ1n) is 22.9. The van der Waals surface area contributed by atoms with Gasteiger partial charge in [-0.1, -0.05) is 55.4 Å². The number of hydrogen-bond donors (Lipinski definition) is 0. The van der Waals surface area contributed by atoms with E-state index in [1.165, 1.54) is 0 Å². The van der Waals surface area contributed by atoms with E-state index in [0.717, 1.165) is 25.7 Å². The van der Waals surface area contributed by atoms with Crippen LogP contribution in [0.2, 0.25) is 0 Å². The van der Waals surface area contributed by atoms with Crippen LogP contribution in [0, 0.1) is 23.7 Å². The Morgan fingerprint density at radius 3 is 0.633 bits per heavy atom. The minimum Gasteiger partial charge on any atom is -0.459 e. The summed E-state index contributed by atoms with van der Waals surface area (Å²) in [4.78, 5) is 64.8. The summed E-state index contributed by atoms with van der Waals surface area (Å²) in [5, 5.41) is 0. The molecule has 352 valence electrons. The van der Waals surface area contributed by atoms with Crippen LogP contribution in [-0.4, -0.2) is 142 Å². The summed E-state index contributed by atoms with van der Waals surface area (Å²) in [6.45, 7) is 42.2. The zero-order chi connectivity index (χ0) is 46.6. The summed E-state index contributed by atoms with van der Waals surface area (Å²) in [7, 11) is 0. The van der Waals surface area contributed by atoms with Crippen molar-refractivity contribution in [3.05, 3.63) is 0 Å². The molecule has 0 radical (unpaired) electrons. The first-order valence-corrected chi connectivity index (χ1v) is 22.9. The van der Waals surface area contributed by atoms with E-state index in [9.17, 15) is 19.2 Å². The molecule has 1 rings (SSSR count). The van der Waals surface area contributed by atoms with E-state index in [4.69, 9.17) is 18.9 Å². The largest absolute Gasteiger partial charge is 0.459 e. The van der Waals surface area contributed by atoms with E-state index in [0.29, 0.717) is 26.2 Å². The fourth-order valence-corrected chi connectivity index (χ4v) is 8.15. The lowest BCUT2D eigenvalue weighted by atomic mass is 9.93. The molecule has 60 heavy (non-hydrogen) atoms. The Hall–Kier alpha value is -2.28. The monoisotopic (exact) mass is 853 g/mol. The average Bonchev–Trinajstić information content (AvgIpc) is 2.97. The van der Waals surface area contributed by atoms with Gasteiger partial charge in [0.25, 0.3) is 0 Å². The zero-order valence-electron chi connectivity index (χ0n) is 42.2. The lowest BCUT2D eigenvalue weighted by Gasteiger charge is -2.47. The smallest absolute Gasteiger partial charge is 0.320 e. The van der Waals surface area contributed by atoms with Gasteiger partial charge in [0.2, 0.25) is 0 Å². The van der Waals surface area contributed by atoms with Crippen LogP contribution in [0.4, 0.5) is 0 Å². The molecule has 0 N–H and O–H groups in total. The first kappa shape index (κ1) is 55.7. The van der Waals surface area contributed by atoms with Gasteiger partial charge in [-0.2, -0.15) is 0 Å². The standard InChI is InChI=1S/C48H92N4O8/c1-33(2)21-37-25-50(30-42(54)58-46(12,13)14)39(23-35(5)6)27-52(32-44(56)60-48(18,19)20)40(24-36(7)8)28-51(31-43(55)59-47(15,16)17)38(22-34(3)4)26-49(37)29-41(53)57-45(9,10)11/h33-40H,21-32H2,1-20H3/t37-,38-,39-,40-/m0/s1. The van der Waals surface area contributed by atoms with Gasteiger partial charge in [0.15, 0.2) is 0 Å². The minimum absolute atomic E-state index is 0.0544. The molecule has 1 aliphatic heterocycles. The molecule has 4 atom stereocenters. The average molecular weight is 853 g/mol. The summed E-state index contributed by atoms with van der Waals surface area (Å²) in [5.74, 6) is -0.221. The second-order valence-corrected chi connectivity index (χ2v) is 23.2. The number of nitrogens with zero attached hydrogens (tertiary/aromatic N) is 4. The predicted octanol–water partition coefficient (Wildman–Crippen LogP) is 8.23. The van der Waals surface area contributed by atoms with Crippen LogP contribution in [0.5, 0.6) is 0 Å². The predicted molar refractivity (Wildman–Crippen MR) is 243 cm³/mol. The molecule has 0 aromatic rings. The third-order valence-electron chi connectivity index (χ3n) is 9.83. The van der Waals surface area contributed by atoms with Gasteiger partial charge >= 0.3 is 23.9 Å². The third-order valence-corrected chi connectivity index (χ3v) is 9.83. The van der Waals surface area contributed by atoms with Gasteiger partial charge in [-0.25, -0.2) is 0 Å². The van der Waals surface area contributed by atoms with Crippen molar-refractivity contribution in [1.29, 1.82) is 0 Å². The molecule has 0 amide bonds. The maximum atomic E-state index is 13.9. The molecule has 0 aliphatic carbocycles. The summed E-state index contributed by atoms with van der Waals surface area (Å²) in [5.41, 5.74) is -2.71. The van der Waals surface area contributed by atoms with Gasteiger partial charge in [-0.15, -0.1) is 0 Å². The quantitative estimate of drug-likeness (QED) is 0.110. The van der Waals surface area contributed by atoms with Crippen molar-refractivity contribution in [2.45, 2.75) is 211 Å². The zero-order valence-corrected chi connectivity index (χ0v) is 42.2. The second kappa shape index (κ2) is 24.0. The number of hydrogen-bond acceptors (Lipinski definition) is 12. The fraction of sp³-hybridized carbons (Fsp3) is 0.917. The Morgan fingerprint density at radius 1 is 0.367 bits per heavy atom. The molecular formula is C48H92N4O8. The highest BCUT2D eigenvalue weighted by atomic mass is 16.6. The van der Waals surface area contributed by atoms with Crippen LogP contribution < -0.4 is 0 Å². The van der Waals surface area contributed by atoms with Crippen molar-refractivity contribution >= 4 is 23.9 Å². The number of carbonyl (C=O) groups is 4. The fourth-order valence-electron chi connectivity index (χ4n) is 8.15. The van der Waals surface area contributed by atoms with E-state index < -0.39 is 22.4 Å². The van der Waals surface area contributed by atoms with Gasteiger partial charge in [-0.05, 0) is 132 Å². The van der Waals surface area contributed by atoms with E-state index in [-0.39, 0.29) is 97.9 Å². The molecular weight excluding hydrogens is 761 g/mol. The number of esters is 4. The van der Waals surface area contributed by atoms with Crippen molar-refractivity contribution in [2.24, 2.45) is 23.7 Å². The minimum atomic E-state index is -0.677. The molecule has 0 spiro atoms. The van der Waals surface area contributed by atoms with Gasteiger partial charge in [-0.3, -0.25) is 38.8 Å². The van der Waals surface area contributed by atoms with E-state index in [1.807, 2.05) is 83.1 Å². The molecule has 12 heteroatoms. The molecule has 1 fully saturated rings. The van der Waals surface area contributed by atoms with Gasteiger partial charge in [0.05, 0.1) is 26.2 Å². The molecule has 0 aromatic heterocycles. The lowest BCUT2D eigenvalue weighted by Crippen LogP contribution is -2.61. The summed E-state index contributed by atoms with van der Waals surface area (Å²) < 4.78 is 24.0. The maximum absolute atomic E-state index is 13.9. The molecule has 1 heterocycles. The molecule has 1 saturated heterocycles. The highest BCUT2D eigenvalue weighted by Crippen LogP contribution is 2.27. The third kappa shape index (κ3) is 25.0. The second-order valence-electron chi connectivity index (χ2n) is 23.2. The van der Waals surface area contributed by atoms with Crippen LogP contribution in [0.3, 0.4) is 0 Å². The van der Waals surface area contributed by atoms with Crippen molar-refractivity contribution in [3.8, 4) is 0 Å². The van der Waals surface area contributed by atoms with Gasteiger partial charge in [0, 0.05) is 50.3 Å². The maximum Gasteiger partial charge on any atom is 0.320 e. The topological polar surface area (TPSA) is 118 Å². The molecule has 0 bridgehead atoms. The molecule has 0 unspecified atom stereocenters. The summed E-state index contributed by atoms with van der Waals surface area (Å²) in [6.07, 6.45) is 3.00. The molecule has 12 nitrogen and oxygen atoms in total. The van der Waals surface area contributed by atoms with E-state index in [2.05, 4.69) is 75.0 Å². The highest BCUT2D eigenvalue weighted by Gasteiger charge is 2.39. The van der Waals surface area contributed by atoms with E-state index in [1.54, 1.807) is 0 Å². The molecule has 0 saturated carbocycles. The Balaban J connectivity index is 4.37. The SMILES string of the molecule is CC(C)C[C@H]1CN(CC(=O)OC(C)(C)C)[C@@H](CC(C)C)CN(CC(=O)OC(C)(C)C)[C@@H](CC(C)C)CN(CC(=O)OC(C)(C)C)[C@@H](CC(C)C)CN1CC(=O)OC(C)(C)C. The Bertz CT molecular complexity index is 1120. The van der Waals surface area contributed by atoms with Crippen LogP contribution >= 0.6 is 0 Å². The van der Waals surface area contributed by atoms with Crippen molar-refractivity contribution < 1.29 is 38.1 Å². The highest BCUT2D eigenvalue weighted by molar-refractivity contribution is 5.73. The Morgan fingerprint density at radius 2 is 0.517 bits per heavy atom. The van der Waals surface area contributed by atoms with Crippen molar-refractivity contribution in [3.63, 3.8) is 0 Å². The Labute approximate surface area is 367 Å².